The molecule has 1 N–H and O–H groups in total. The summed E-state index contributed by atoms with van der Waals surface area (Å²) in [5.41, 5.74) is 2.53. The van der Waals surface area contributed by atoms with Gasteiger partial charge in [0.15, 0.2) is 10.3 Å². The fraction of sp³-hybridized carbons (Fsp3) is 0.158. The molecule has 1 amide bonds. The standard InChI is InChI=1S/C19H16N4O2S2/c1-11-7-8-14-15(9-11)27-18(20-14)22-16(24)10-26-19-21-13-6-4-3-5-12(13)17(25)23(19)2/h3-9H,10H2,1-2H3,(H,20,22,24). The van der Waals surface area contributed by atoms with E-state index in [0.717, 1.165) is 15.8 Å². The molecule has 0 aliphatic rings. The van der Waals surface area contributed by atoms with Gasteiger partial charge in [0.25, 0.3) is 5.56 Å². The van der Waals surface area contributed by atoms with E-state index in [4.69, 9.17) is 0 Å². The van der Waals surface area contributed by atoms with Crippen LogP contribution in [0.2, 0.25) is 0 Å². The molecule has 0 fully saturated rings. The van der Waals surface area contributed by atoms with Crippen LogP contribution in [0.15, 0.2) is 52.4 Å². The topological polar surface area (TPSA) is 76.9 Å². The highest BCUT2D eigenvalue weighted by atomic mass is 32.2. The number of aryl methyl sites for hydroxylation is 1. The first-order valence-electron chi connectivity index (χ1n) is 8.27. The second kappa shape index (κ2) is 7.13. The number of nitrogens with zero attached hydrogens (tertiary/aromatic N) is 3. The van der Waals surface area contributed by atoms with E-state index in [0.29, 0.717) is 21.2 Å². The molecule has 0 bridgehead atoms. The average Bonchev–Trinajstić information content (AvgIpc) is 3.04. The minimum absolute atomic E-state index is 0.120. The van der Waals surface area contributed by atoms with Gasteiger partial charge in [0.05, 0.1) is 26.9 Å². The first-order chi connectivity index (χ1) is 13.0. The van der Waals surface area contributed by atoms with E-state index < -0.39 is 0 Å². The number of anilines is 1. The maximum Gasteiger partial charge on any atom is 0.261 e. The number of hydrogen-bond acceptors (Lipinski definition) is 6. The number of nitrogens with one attached hydrogen (secondary N) is 1. The Balaban J connectivity index is 1.49. The summed E-state index contributed by atoms with van der Waals surface area (Å²) in [6.45, 7) is 2.02. The Morgan fingerprint density at radius 3 is 2.85 bits per heavy atom. The van der Waals surface area contributed by atoms with Crippen molar-refractivity contribution in [3.8, 4) is 0 Å². The molecule has 4 aromatic rings. The van der Waals surface area contributed by atoms with Gasteiger partial charge >= 0.3 is 0 Å². The number of hydrogen-bond donors (Lipinski definition) is 1. The van der Waals surface area contributed by atoms with Gasteiger partial charge in [0, 0.05) is 7.05 Å². The van der Waals surface area contributed by atoms with Crippen LogP contribution >= 0.6 is 23.1 Å². The largest absolute Gasteiger partial charge is 0.301 e. The summed E-state index contributed by atoms with van der Waals surface area (Å²) in [6.07, 6.45) is 0. The van der Waals surface area contributed by atoms with Crippen molar-refractivity contribution in [2.45, 2.75) is 12.1 Å². The Morgan fingerprint density at radius 2 is 2.00 bits per heavy atom. The van der Waals surface area contributed by atoms with Crippen molar-refractivity contribution in [1.29, 1.82) is 0 Å². The number of thioether (sulfide) groups is 1. The van der Waals surface area contributed by atoms with Crippen LogP contribution in [-0.2, 0) is 11.8 Å². The summed E-state index contributed by atoms with van der Waals surface area (Å²) in [5.74, 6) is -0.0358. The van der Waals surface area contributed by atoms with Gasteiger partial charge in [0.1, 0.15) is 0 Å². The van der Waals surface area contributed by atoms with Crippen LogP contribution in [0.3, 0.4) is 0 Å². The molecule has 136 valence electrons. The average molecular weight is 396 g/mol. The van der Waals surface area contributed by atoms with Gasteiger partial charge < -0.3 is 5.32 Å². The molecule has 4 rings (SSSR count). The highest BCUT2D eigenvalue weighted by Gasteiger charge is 2.12. The number of aromatic nitrogens is 3. The van der Waals surface area contributed by atoms with Crippen molar-refractivity contribution in [2.24, 2.45) is 7.05 Å². The molecular formula is C19H16N4O2S2. The molecule has 0 aliphatic heterocycles. The van der Waals surface area contributed by atoms with Gasteiger partial charge in [-0.3, -0.25) is 14.2 Å². The quantitative estimate of drug-likeness (QED) is 0.421. The fourth-order valence-electron chi connectivity index (χ4n) is 2.70. The molecule has 27 heavy (non-hydrogen) atoms. The number of benzene rings is 2. The zero-order chi connectivity index (χ0) is 19.0. The Hall–Kier alpha value is -2.71. The summed E-state index contributed by atoms with van der Waals surface area (Å²) in [7, 11) is 1.66. The van der Waals surface area contributed by atoms with Crippen molar-refractivity contribution >= 4 is 55.3 Å². The summed E-state index contributed by atoms with van der Waals surface area (Å²) >= 11 is 2.68. The van der Waals surface area contributed by atoms with Crippen LogP contribution in [0.4, 0.5) is 5.13 Å². The monoisotopic (exact) mass is 396 g/mol. The normalized spacial score (nSPS) is 11.2. The van der Waals surface area contributed by atoms with Gasteiger partial charge in [-0.15, -0.1) is 0 Å². The van der Waals surface area contributed by atoms with E-state index in [9.17, 15) is 9.59 Å². The Labute approximate surface area is 163 Å². The van der Waals surface area contributed by atoms with Crippen molar-refractivity contribution in [3.63, 3.8) is 0 Å². The van der Waals surface area contributed by atoms with Crippen LogP contribution < -0.4 is 10.9 Å². The zero-order valence-electron chi connectivity index (χ0n) is 14.7. The van der Waals surface area contributed by atoms with Crippen molar-refractivity contribution in [2.75, 3.05) is 11.1 Å². The highest BCUT2D eigenvalue weighted by Crippen LogP contribution is 2.27. The molecular weight excluding hydrogens is 380 g/mol. The SMILES string of the molecule is Cc1ccc2nc(NC(=O)CSc3nc4ccccc4c(=O)n3C)sc2c1. The third-order valence-corrected chi connectivity index (χ3v) is 6.03. The van der Waals surface area contributed by atoms with E-state index in [1.807, 2.05) is 37.3 Å². The molecule has 0 spiro atoms. The smallest absolute Gasteiger partial charge is 0.261 e. The summed E-state index contributed by atoms with van der Waals surface area (Å²) in [5, 5.41) is 4.47. The van der Waals surface area contributed by atoms with Gasteiger partial charge in [-0.1, -0.05) is 41.3 Å². The summed E-state index contributed by atoms with van der Waals surface area (Å²) in [4.78, 5) is 33.6. The third kappa shape index (κ3) is 3.58. The number of para-hydroxylation sites is 1. The number of carbonyl (C=O) groups excluding carboxylic acids is 1. The number of carbonyl (C=O) groups is 1. The van der Waals surface area contributed by atoms with Crippen LogP contribution in [0.5, 0.6) is 0 Å². The van der Waals surface area contributed by atoms with E-state index in [2.05, 4.69) is 15.3 Å². The second-order valence-electron chi connectivity index (χ2n) is 6.10. The highest BCUT2D eigenvalue weighted by molar-refractivity contribution is 7.99. The van der Waals surface area contributed by atoms with Gasteiger partial charge in [-0.25, -0.2) is 9.97 Å². The number of rotatable bonds is 4. The van der Waals surface area contributed by atoms with E-state index >= 15 is 0 Å². The molecule has 2 aromatic carbocycles. The maximum atomic E-state index is 12.4. The molecule has 0 saturated heterocycles. The first-order valence-corrected chi connectivity index (χ1v) is 10.1. The molecule has 6 nitrogen and oxygen atoms in total. The van der Waals surface area contributed by atoms with Crippen molar-refractivity contribution in [3.05, 3.63) is 58.4 Å². The van der Waals surface area contributed by atoms with E-state index in [-0.39, 0.29) is 17.2 Å². The maximum absolute atomic E-state index is 12.4. The summed E-state index contributed by atoms with van der Waals surface area (Å²) < 4.78 is 2.51. The lowest BCUT2D eigenvalue weighted by Gasteiger charge is -2.08. The Bertz CT molecular complexity index is 1230. The predicted molar refractivity (Wildman–Crippen MR) is 111 cm³/mol. The molecule has 2 heterocycles. The zero-order valence-corrected chi connectivity index (χ0v) is 16.4. The lowest BCUT2D eigenvalue weighted by Crippen LogP contribution is -2.21. The molecule has 8 heteroatoms. The van der Waals surface area contributed by atoms with Gasteiger partial charge in [0.2, 0.25) is 5.91 Å². The van der Waals surface area contributed by atoms with Crippen molar-refractivity contribution in [1.82, 2.24) is 14.5 Å². The third-order valence-electron chi connectivity index (χ3n) is 4.06. The molecule has 0 aliphatic carbocycles. The molecule has 0 unspecified atom stereocenters. The van der Waals surface area contributed by atoms with Crippen LogP contribution in [0.25, 0.3) is 21.1 Å². The first kappa shape index (κ1) is 17.7. The van der Waals surface area contributed by atoms with Crippen LogP contribution in [-0.4, -0.2) is 26.2 Å². The minimum atomic E-state index is -0.182. The van der Waals surface area contributed by atoms with Crippen LogP contribution in [0.1, 0.15) is 5.56 Å². The Morgan fingerprint density at radius 1 is 1.19 bits per heavy atom. The van der Waals surface area contributed by atoms with Crippen molar-refractivity contribution < 1.29 is 4.79 Å². The van der Waals surface area contributed by atoms with Gasteiger partial charge in [-0.05, 0) is 36.8 Å². The number of fused-ring (bicyclic) bond motifs is 2. The lowest BCUT2D eigenvalue weighted by atomic mass is 10.2. The molecule has 0 atom stereocenters. The van der Waals surface area contributed by atoms with E-state index in [1.165, 1.54) is 27.7 Å². The van der Waals surface area contributed by atoms with E-state index in [1.54, 1.807) is 19.2 Å². The fourth-order valence-corrected chi connectivity index (χ4v) is 4.45. The van der Waals surface area contributed by atoms with Crippen LogP contribution in [0, 0.1) is 6.92 Å². The molecule has 2 aromatic heterocycles. The number of amides is 1. The second-order valence-corrected chi connectivity index (χ2v) is 8.08. The summed E-state index contributed by atoms with van der Waals surface area (Å²) in [6, 6.07) is 13.2. The number of thiazole rings is 1. The Kier molecular flexibility index (Phi) is 4.67. The minimum Gasteiger partial charge on any atom is -0.301 e. The van der Waals surface area contributed by atoms with Gasteiger partial charge in [-0.2, -0.15) is 0 Å². The molecule has 0 saturated carbocycles. The predicted octanol–water partition coefficient (Wildman–Crippen LogP) is 3.58. The lowest BCUT2D eigenvalue weighted by molar-refractivity contribution is -0.113. The molecule has 0 radical (unpaired) electrons.